The van der Waals surface area contributed by atoms with E-state index in [2.05, 4.69) is 5.32 Å². The molecule has 24 heavy (non-hydrogen) atoms. The minimum Gasteiger partial charge on any atom is -0.496 e. The maximum atomic E-state index is 12.5. The summed E-state index contributed by atoms with van der Waals surface area (Å²) in [5, 5.41) is 2.83. The van der Waals surface area contributed by atoms with E-state index in [1.807, 2.05) is 24.3 Å². The Hall–Kier alpha value is -3.02. The molecular formula is C18H18N2O4. The topological polar surface area (TPSA) is 73.5 Å². The molecule has 6 nitrogen and oxygen atoms in total. The van der Waals surface area contributed by atoms with Crippen molar-refractivity contribution >= 4 is 17.0 Å². The Morgan fingerprint density at radius 2 is 1.92 bits per heavy atom. The summed E-state index contributed by atoms with van der Waals surface area (Å²) >= 11 is 0. The van der Waals surface area contributed by atoms with Gasteiger partial charge < -0.3 is 14.5 Å². The largest absolute Gasteiger partial charge is 0.496 e. The second kappa shape index (κ2) is 6.62. The lowest BCUT2D eigenvalue weighted by Gasteiger charge is -2.14. The number of oxazole rings is 1. The Bertz CT molecular complexity index is 926. The predicted octanol–water partition coefficient (Wildman–Crippen LogP) is 2.48. The molecule has 1 N–H and O–H groups in total. The minimum absolute atomic E-state index is 0.269. The molecule has 0 aliphatic rings. The van der Waals surface area contributed by atoms with Crippen LogP contribution in [0.15, 0.2) is 57.7 Å². The molecule has 0 saturated carbocycles. The number of hydrogen-bond acceptors (Lipinski definition) is 4. The summed E-state index contributed by atoms with van der Waals surface area (Å²) in [6.07, 6.45) is 0. The fraction of sp³-hybridized carbons (Fsp3) is 0.222. The highest BCUT2D eigenvalue weighted by atomic mass is 16.5. The SMILES string of the molecule is COc1ccccc1CNC(=O)C(C)n1c(=O)oc2ccccc21. The van der Waals surface area contributed by atoms with Gasteiger partial charge in [0.25, 0.3) is 0 Å². The number of para-hydroxylation sites is 3. The van der Waals surface area contributed by atoms with Crippen molar-refractivity contribution in [1.82, 2.24) is 9.88 Å². The van der Waals surface area contributed by atoms with Crippen molar-refractivity contribution in [3.63, 3.8) is 0 Å². The van der Waals surface area contributed by atoms with Gasteiger partial charge in [0.1, 0.15) is 11.8 Å². The first kappa shape index (κ1) is 15.9. The van der Waals surface area contributed by atoms with Crippen LogP contribution >= 0.6 is 0 Å². The average molecular weight is 326 g/mol. The van der Waals surface area contributed by atoms with Gasteiger partial charge in [-0.3, -0.25) is 9.36 Å². The van der Waals surface area contributed by atoms with Crippen LogP contribution < -0.4 is 15.8 Å². The molecule has 0 radical (unpaired) electrons. The number of carbonyl (C=O) groups excluding carboxylic acids is 1. The van der Waals surface area contributed by atoms with Crippen LogP contribution in [-0.4, -0.2) is 17.6 Å². The van der Waals surface area contributed by atoms with E-state index in [0.717, 1.165) is 5.56 Å². The molecule has 1 aromatic heterocycles. The van der Waals surface area contributed by atoms with Gasteiger partial charge in [-0.15, -0.1) is 0 Å². The van der Waals surface area contributed by atoms with Crippen molar-refractivity contribution in [1.29, 1.82) is 0 Å². The summed E-state index contributed by atoms with van der Waals surface area (Å²) in [6, 6.07) is 13.8. The van der Waals surface area contributed by atoms with E-state index in [9.17, 15) is 9.59 Å². The van der Waals surface area contributed by atoms with E-state index in [4.69, 9.17) is 9.15 Å². The number of benzene rings is 2. The number of carbonyl (C=O) groups is 1. The molecule has 2 aromatic carbocycles. The number of fused-ring (bicyclic) bond motifs is 1. The van der Waals surface area contributed by atoms with Gasteiger partial charge in [0.05, 0.1) is 12.6 Å². The van der Waals surface area contributed by atoms with Gasteiger partial charge in [-0.1, -0.05) is 30.3 Å². The van der Waals surface area contributed by atoms with Gasteiger partial charge in [0.2, 0.25) is 5.91 Å². The summed E-state index contributed by atoms with van der Waals surface area (Å²) in [6.45, 7) is 1.98. The summed E-state index contributed by atoms with van der Waals surface area (Å²) in [7, 11) is 1.58. The van der Waals surface area contributed by atoms with E-state index in [1.165, 1.54) is 4.57 Å². The standard InChI is InChI=1S/C18H18N2O4/c1-12(20-14-8-4-6-10-16(14)24-18(20)22)17(21)19-11-13-7-3-5-9-15(13)23-2/h3-10,12H,11H2,1-2H3,(H,19,21). The average Bonchev–Trinajstić information content (AvgIpc) is 2.94. The summed E-state index contributed by atoms with van der Waals surface area (Å²) in [5.74, 6) is -0.109. The predicted molar refractivity (Wildman–Crippen MR) is 90.0 cm³/mol. The lowest BCUT2D eigenvalue weighted by atomic mass is 10.2. The van der Waals surface area contributed by atoms with Crippen molar-refractivity contribution in [2.75, 3.05) is 7.11 Å². The number of nitrogens with one attached hydrogen (secondary N) is 1. The van der Waals surface area contributed by atoms with Crippen LogP contribution in [0.25, 0.3) is 11.1 Å². The number of nitrogens with zero attached hydrogens (tertiary/aromatic N) is 1. The monoisotopic (exact) mass is 326 g/mol. The zero-order valence-electron chi connectivity index (χ0n) is 13.5. The van der Waals surface area contributed by atoms with Gasteiger partial charge in [-0.2, -0.15) is 0 Å². The lowest BCUT2D eigenvalue weighted by Crippen LogP contribution is -2.34. The van der Waals surface area contributed by atoms with Crippen LogP contribution in [0.3, 0.4) is 0 Å². The lowest BCUT2D eigenvalue weighted by molar-refractivity contribution is -0.124. The Labute approximate surface area is 138 Å². The van der Waals surface area contributed by atoms with Gasteiger partial charge in [0.15, 0.2) is 5.58 Å². The molecule has 0 saturated heterocycles. The maximum absolute atomic E-state index is 12.5. The number of aromatic nitrogens is 1. The van der Waals surface area contributed by atoms with E-state index < -0.39 is 11.8 Å². The van der Waals surface area contributed by atoms with Crippen LogP contribution in [0.4, 0.5) is 0 Å². The zero-order valence-corrected chi connectivity index (χ0v) is 13.5. The van der Waals surface area contributed by atoms with Crippen molar-refractivity contribution in [3.8, 4) is 5.75 Å². The Morgan fingerprint density at radius 3 is 2.71 bits per heavy atom. The highest BCUT2D eigenvalue weighted by Gasteiger charge is 2.21. The van der Waals surface area contributed by atoms with Gasteiger partial charge in [-0.25, -0.2) is 4.79 Å². The first-order valence-corrected chi connectivity index (χ1v) is 7.61. The molecule has 6 heteroatoms. The van der Waals surface area contributed by atoms with Crippen molar-refractivity contribution < 1.29 is 13.9 Å². The van der Waals surface area contributed by atoms with Crippen LogP contribution in [0.1, 0.15) is 18.5 Å². The van der Waals surface area contributed by atoms with Gasteiger partial charge >= 0.3 is 5.76 Å². The van der Waals surface area contributed by atoms with Gasteiger partial charge in [-0.05, 0) is 25.1 Å². The first-order chi connectivity index (χ1) is 11.6. The third kappa shape index (κ3) is 2.90. The summed E-state index contributed by atoms with van der Waals surface area (Å²) < 4.78 is 11.8. The Kier molecular flexibility index (Phi) is 4.37. The first-order valence-electron chi connectivity index (χ1n) is 7.61. The Balaban J connectivity index is 1.79. The molecule has 0 spiro atoms. The third-order valence-corrected chi connectivity index (χ3v) is 3.93. The number of rotatable bonds is 5. The molecule has 1 atom stereocenters. The number of amides is 1. The van der Waals surface area contributed by atoms with Crippen molar-refractivity contribution in [3.05, 3.63) is 64.6 Å². The summed E-state index contributed by atoms with van der Waals surface area (Å²) in [5.41, 5.74) is 1.93. The molecule has 3 rings (SSSR count). The van der Waals surface area contributed by atoms with Crippen LogP contribution in [0.2, 0.25) is 0 Å². The van der Waals surface area contributed by atoms with Crippen LogP contribution in [-0.2, 0) is 11.3 Å². The fourth-order valence-corrected chi connectivity index (χ4v) is 2.65. The molecule has 1 unspecified atom stereocenters. The number of ether oxygens (including phenoxy) is 1. The van der Waals surface area contributed by atoms with Crippen LogP contribution in [0, 0.1) is 0 Å². The molecule has 1 amide bonds. The number of methoxy groups -OCH3 is 1. The quantitative estimate of drug-likeness (QED) is 0.782. The van der Waals surface area contributed by atoms with E-state index in [1.54, 1.807) is 38.3 Å². The van der Waals surface area contributed by atoms with E-state index >= 15 is 0 Å². The second-order valence-corrected chi connectivity index (χ2v) is 5.41. The molecular weight excluding hydrogens is 308 g/mol. The molecule has 124 valence electrons. The van der Waals surface area contributed by atoms with Crippen LogP contribution in [0.5, 0.6) is 5.75 Å². The normalized spacial score (nSPS) is 12.1. The van der Waals surface area contributed by atoms with Crippen molar-refractivity contribution in [2.24, 2.45) is 0 Å². The third-order valence-electron chi connectivity index (χ3n) is 3.93. The Morgan fingerprint density at radius 1 is 1.21 bits per heavy atom. The molecule has 0 bridgehead atoms. The highest BCUT2D eigenvalue weighted by molar-refractivity contribution is 5.82. The minimum atomic E-state index is -0.684. The molecule has 0 aliphatic heterocycles. The summed E-state index contributed by atoms with van der Waals surface area (Å²) in [4.78, 5) is 24.5. The zero-order chi connectivity index (χ0) is 17.1. The number of hydrogen-bond donors (Lipinski definition) is 1. The molecule has 0 aliphatic carbocycles. The van der Waals surface area contributed by atoms with E-state index in [0.29, 0.717) is 23.4 Å². The smallest absolute Gasteiger partial charge is 0.420 e. The second-order valence-electron chi connectivity index (χ2n) is 5.41. The highest BCUT2D eigenvalue weighted by Crippen LogP contribution is 2.19. The molecule has 0 fully saturated rings. The van der Waals surface area contributed by atoms with E-state index in [-0.39, 0.29) is 5.91 Å². The van der Waals surface area contributed by atoms with Gasteiger partial charge in [0, 0.05) is 12.1 Å². The maximum Gasteiger partial charge on any atom is 0.420 e. The fourth-order valence-electron chi connectivity index (χ4n) is 2.65. The molecule has 3 aromatic rings. The van der Waals surface area contributed by atoms with Crippen molar-refractivity contribution in [2.45, 2.75) is 19.5 Å². The molecule has 1 heterocycles.